The summed E-state index contributed by atoms with van der Waals surface area (Å²) in [6.07, 6.45) is 2.91. The maximum Gasteiger partial charge on any atom is 0.240 e. The largest absolute Gasteiger partial charge is 0.391 e. The Morgan fingerprint density at radius 2 is 2.00 bits per heavy atom. The minimum atomic E-state index is -0.888. The van der Waals surface area contributed by atoms with Gasteiger partial charge in [0.05, 0.1) is 18.2 Å². The molecule has 4 heteroatoms. The van der Waals surface area contributed by atoms with Crippen molar-refractivity contribution in [1.82, 2.24) is 5.32 Å². The molecule has 1 aliphatic carbocycles. The molecular weight excluding hydrogens is 264 g/mol. The van der Waals surface area contributed by atoms with Crippen LogP contribution in [0.15, 0.2) is 30.3 Å². The van der Waals surface area contributed by atoms with Crippen LogP contribution in [0.5, 0.6) is 0 Å². The van der Waals surface area contributed by atoms with E-state index < -0.39 is 11.5 Å². The molecule has 1 amide bonds. The number of carbonyl (C=O) groups excluding carboxylic acids is 1. The quantitative estimate of drug-likeness (QED) is 0.871. The third kappa shape index (κ3) is 3.62. The summed E-state index contributed by atoms with van der Waals surface area (Å²) in [4.78, 5) is 12.3. The van der Waals surface area contributed by atoms with E-state index in [1.165, 1.54) is 0 Å². The van der Waals surface area contributed by atoms with Crippen molar-refractivity contribution in [2.45, 2.75) is 51.2 Å². The first kappa shape index (κ1) is 15.5. The highest BCUT2D eigenvalue weighted by atomic mass is 16.3. The third-order valence-corrected chi connectivity index (χ3v) is 4.33. The van der Waals surface area contributed by atoms with Gasteiger partial charge in [0.2, 0.25) is 5.91 Å². The van der Waals surface area contributed by atoms with Crippen LogP contribution in [0.2, 0.25) is 0 Å². The second-order valence-electron chi connectivity index (χ2n) is 5.92. The number of nitriles is 1. The van der Waals surface area contributed by atoms with Crippen molar-refractivity contribution in [2.75, 3.05) is 0 Å². The predicted molar refractivity (Wildman–Crippen MR) is 80.3 cm³/mol. The van der Waals surface area contributed by atoms with Gasteiger partial charge in [-0.2, -0.15) is 5.26 Å². The summed E-state index contributed by atoms with van der Waals surface area (Å²) in [5, 5.41) is 22.3. The van der Waals surface area contributed by atoms with Gasteiger partial charge in [-0.25, -0.2) is 0 Å². The zero-order valence-electron chi connectivity index (χ0n) is 12.4. The fourth-order valence-corrected chi connectivity index (χ4v) is 2.84. The van der Waals surface area contributed by atoms with Gasteiger partial charge >= 0.3 is 0 Å². The van der Waals surface area contributed by atoms with E-state index in [-0.39, 0.29) is 11.9 Å². The van der Waals surface area contributed by atoms with Gasteiger partial charge < -0.3 is 10.4 Å². The molecule has 1 aromatic carbocycles. The standard InChI is InChI=1S/C17H22N2O2/c1-13(15(20)11-14-7-3-2-4-8-14)19-16(21)17(12-18)9-5-6-10-17/h2-4,7-8,13,15,20H,5-6,9-11H2,1H3,(H,19,21). The summed E-state index contributed by atoms with van der Waals surface area (Å²) < 4.78 is 0. The predicted octanol–water partition coefficient (Wildman–Crippen LogP) is 2.18. The van der Waals surface area contributed by atoms with E-state index in [1.54, 1.807) is 6.92 Å². The second-order valence-corrected chi connectivity index (χ2v) is 5.92. The molecule has 2 atom stereocenters. The van der Waals surface area contributed by atoms with Crippen molar-refractivity contribution in [3.8, 4) is 6.07 Å². The summed E-state index contributed by atoms with van der Waals surface area (Å²) >= 11 is 0. The number of aliphatic hydroxyl groups is 1. The minimum Gasteiger partial charge on any atom is -0.391 e. The van der Waals surface area contributed by atoms with Crippen molar-refractivity contribution in [3.05, 3.63) is 35.9 Å². The first-order chi connectivity index (χ1) is 10.1. The van der Waals surface area contributed by atoms with Gasteiger partial charge in [0, 0.05) is 6.42 Å². The summed E-state index contributed by atoms with van der Waals surface area (Å²) in [5.74, 6) is -0.234. The molecule has 112 valence electrons. The Hall–Kier alpha value is -1.86. The summed E-state index contributed by atoms with van der Waals surface area (Å²) in [6, 6.07) is 11.5. The van der Waals surface area contributed by atoms with Gasteiger partial charge in [-0.15, -0.1) is 0 Å². The molecule has 2 rings (SSSR count). The molecule has 2 unspecified atom stereocenters. The van der Waals surface area contributed by atoms with Gasteiger partial charge in [0.25, 0.3) is 0 Å². The van der Waals surface area contributed by atoms with Crippen LogP contribution in [0.25, 0.3) is 0 Å². The Kier molecular flexibility index (Phi) is 4.98. The average Bonchev–Trinajstić information content (AvgIpc) is 2.98. The van der Waals surface area contributed by atoms with Crippen molar-refractivity contribution in [3.63, 3.8) is 0 Å². The topological polar surface area (TPSA) is 73.1 Å². The molecule has 21 heavy (non-hydrogen) atoms. The number of hydrogen-bond acceptors (Lipinski definition) is 3. The lowest BCUT2D eigenvalue weighted by molar-refractivity contribution is -0.129. The molecule has 0 spiro atoms. The summed E-state index contributed by atoms with van der Waals surface area (Å²) in [5.41, 5.74) is 0.141. The number of amides is 1. The van der Waals surface area contributed by atoms with E-state index in [4.69, 9.17) is 0 Å². The van der Waals surface area contributed by atoms with Gasteiger partial charge in [0.15, 0.2) is 0 Å². The zero-order chi connectivity index (χ0) is 15.3. The Labute approximate surface area is 125 Å². The first-order valence-corrected chi connectivity index (χ1v) is 7.51. The van der Waals surface area contributed by atoms with E-state index >= 15 is 0 Å². The molecule has 0 aromatic heterocycles. The molecule has 1 aliphatic rings. The Bertz CT molecular complexity index is 515. The Balaban J connectivity index is 1.93. The maximum absolute atomic E-state index is 12.3. The molecule has 0 bridgehead atoms. The van der Waals surface area contributed by atoms with E-state index in [0.717, 1.165) is 18.4 Å². The van der Waals surface area contributed by atoms with Crippen molar-refractivity contribution < 1.29 is 9.90 Å². The normalized spacial score (nSPS) is 19.5. The molecular formula is C17H22N2O2. The number of aliphatic hydroxyl groups excluding tert-OH is 1. The molecule has 0 saturated heterocycles. The molecule has 4 nitrogen and oxygen atoms in total. The van der Waals surface area contributed by atoms with Crippen LogP contribution in [0.4, 0.5) is 0 Å². The molecule has 2 N–H and O–H groups in total. The van der Waals surface area contributed by atoms with Gasteiger partial charge in [0.1, 0.15) is 5.41 Å². The fourth-order valence-electron chi connectivity index (χ4n) is 2.84. The maximum atomic E-state index is 12.3. The Morgan fingerprint density at radius 1 is 1.38 bits per heavy atom. The monoisotopic (exact) mass is 286 g/mol. The summed E-state index contributed by atoms with van der Waals surface area (Å²) in [7, 11) is 0. The third-order valence-electron chi connectivity index (χ3n) is 4.33. The minimum absolute atomic E-state index is 0.234. The number of nitrogens with one attached hydrogen (secondary N) is 1. The van der Waals surface area contributed by atoms with Crippen molar-refractivity contribution in [2.24, 2.45) is 5.41 Å². The SMILES string of the molecule is CC(NC(=O)C1(C#N)CCCC1)C(O)Cc1ccccc1. The van der Waals surface area contributed by atoms with Crippen LogP contribution in [-0.2, 0) is 11.2 Å². The lowest BCUT2D eigenvalue weighted by Gasteiger charge is -2.25. The lowest BCUT2D eigenvalue weighted by Crippen LogP contribution is -2.47. The highest BCUT2D eigenvalue weighted by molar-refractivity contribution is 5.86. The highest BCUT2D eigenvalue weighted by Gasteiger charge is 2.42. The Morgan fingerprint density at radius 3 is 2.57 bits per heavy atom. The van der Waals surface area contributed by atoms with E-state index in [9.17, 15) is 15.2 Å². The van der Waals surface area contributed by atoms with Gasteiger partial charge in [-0.1, -0.05) is 43.2 Å². The number of rotatable bonds is 5. The molecule has 1 aromatic rings. The first-order valence-electron chi connectivity index (χ1n) is 7.51. The van der Waals surface area contributed by atoms with E-state index in [2.05, 4.69) is 11.4 Å². The van der Waals surface area contributed by atoms with E-state index in [1.807, 2.05) is 30.3 Å². The average molecular weight is 286 g/mol. The molecule has 1 fully saturated rings. The van der Waals surface area contributed by atoms with Crippen LogP contribution < -0.4 is 5.32 Å². The van der Waals surface area contributed by atoms with Gasteiger partial charge in [-0.05, 0) is 25.3 Å². The van der Waals surface area contributed by atoms with Crippen LogP contribution in [0, 0.1) is 16.7 Å². The molecule has 0 radical (unpaired) electrons. The van der Waals surface area contributed by atoms with Crippen molar-refractivity contribution >= 4 is 5.91 Å². The number of benzene rings is 1. The molecule has 0 heterocycles. The van der Waals surface area contributed by atoms with Gasteiger partial charge in [-0.3, -0.25) is 4.79 Å². The van der Waals surface area contributed by atoms with Crippen LogP contribution in [-0.4, -0.2) is 23.2 Å². The van der Waals surface area contributed by atoms with Crippen LogP contribution in [0.3, 0.4) is 0 Å². The fraction of sp³-hybridized carbons (Fsp3) is 0.529. The number of hydrogen-bond donors (Lipinski definition) is 2. The number of nitrogens with zero attached hydrogens (tertiary/aromatic N) is 1. The van der Waals surface area contributed by atoms with Crippen LogP contribution >= 0.6 is 0 Å². The summed E-state index contributed by atoms with van der Waals surface area (Å²) in [6.45, 7) is 1.78. The van der Waals surface area contributed by atoms with Crippen molar-refractivity contribution in [1.29, 1.82) is 5.26 Å². The second kappa shape index (κ2) is 6.73. The smallest absolute Gasteiger partial charge is 0.240 e. The lowest BCUT2D eigenvalue weighted by atomic mass is 9.86. The molecule has 0 aliphatic heterocycles. The van der Waals surface area contributed by atoms with Crippen LogP contribution in [0.1, 0.15) is 38.2 Å². The zero-order valence-corrected chi connectivity index (χ0v) is 12.4. The van der Waals surface area contributed by atoms with E-state index in [0.29, 0.717) is 19.3 Å². The highest BCUT2D eigenvalue weighted by Crippen LogP contribution is 2.37. The number of carbonyl (C=O) groups is 1. The molecule has 1 saturated carbocycles.